The molecule has 5 rings (SSSR count). The van der Waals surface area contributed by atoms with E-state index in [4.69, 9.17) is 32.1 Å². The number of hydrogen-bond donors (Lipinski definition) is 0. The molecular weight excluding hydrogens is 593 g/mol. The van der Waals surface area contributed by atoms with Crippen molar-refractivity contribution in [2.24, 2.45) is 0 Å². The molecule has 1 saturated heterocycles. The van der Waals surface area contributed by atoms with E-state index in [1.165, 1.54) is 47.4 Å². The van der Waals surface area contributed by atoms with Gasteiger partial charge in [0.2, 0.25) is 5.75 Å². The molecule has 0 N–H and O–H groups in total. The largest absolute Gasteiger partial charge is 0.490 e. The monoisotopic (exact) mass is 613 g/mol. The van der Waals surface area contributed by atoms with Crippen molar-refractivity contribution >= 4 is 73.1 Å². The zero-order chi connectivity index (χ0) is 28.4. The van der Waals surface area contributed by atoms with Crippen molar-refractivity contribution < 1.29 is 26.9 Å². The Morgan fingerprint density at radius 2 is 1.65 bits per heavy atom. The van der Waals surface area contributed by atoms with Gasteiger partial charge in [0.1, 0.15) is 4.90 Å². The van der Waals surface area contributed by atoms with Crippen LogP contribution in [0.3, 0.4) is 0 Å². The van der Waals surface area contributed by atoms with Crippen molar-refractivity contribution in [2.75, 3.05) is 6.61 Å². The van der Waals surface area contributed by atoms with Gasteiger partial charge in [0.15, 0.2) is 5.75 Å². The molecule has 2 amide bonds. The van der Waals surface area contributed by atoms with Gasteiger partial charge < -0.3 is 8.92 Å². The van der Waals surface area contributed by atoms with Crippen molar-refractivity contribution in [3.8, 4) is 11.5 Å². The van der Waals surface area contributed by atoms with Crippen LogP contribution in [0.5, 0.6) is 11.5 Å². The van der Waals surface area contributed by atoms with Crippen molar-refractivity contribution in [1.29, 1.82) is 0 Å². The van der Waals surface area contributed by atoms with Crippen molar-refractivity contribution in [3.63, 3.8) is 0 Å². The highest BCUT2D eigenvalue weighted by molar-refractivity contribution is 8.18. The number of thioether (sulfide) groups is 1. The minimum Gasteiger partial charge on any atom is -0.490 e. The molecule has 0 aromatic heterocycles. The fourth-order valence-corrected chi connectivity index (χ4v) is 6.31. The van der Waals surface area contributed by atoms with E-state index in [-0.39, 0.29) is 39.5 Å². The van der Waals surface area contributed by atoms with Crippen LogP contribution in [-0.4, -0.2) is 31.1 Å². The van der Waals surface area contributed by atoms with Crippen LogP contribution in [0.4, 0.5) is 4.79 Å². The first-order valence-corrected chi connectivity index (χ1v) is 15.0. The second-order valence-electron chi connectivity index (χ2n) is 8.70. The van der Waals surface area contributed by atoms with Gasteiger partial charge in [-0.05, 0) is 89.1 Å². The first-order chi connectivity index (χ1) is 19.1. The summed E-state index contributed by atoms with van der Waals surface area (Å²) in [4.78, 5) is 27.2. The summed E-state index contributed by atoms with van der Waals surface area (Å²) in [6, 6.07) is 22.1. The number of carbonyl (C=O) groups is 2. The molecule has 0 radical (unpaired) electrons. The molecule has 0 saturated carbocycles. The lowest BCUT2D eigenvalue weighted by Gasteiger charge is -2.15. The number of imide groups is 1. The van der Waals surface area contributed by atoms with Gasteiger partial charge in [-0.1, -0.05) is 59.6 Å². The molecular formula is C29H21Cl2NO6S2. The molecule has 0 spiro atoms. The molecule has 7 nitrogen and oxygen atoms in total. The molecule has 1 aliphatic rings. The molecule has 0 unspecified atom stereocenters. The average molecular weight is 615 g/mol. The third-order valence-electron chi connectivity index (χ3n) is 5.95. The third-order valence-corrected chi connectivity index (χ3v) is 8.63. The number of hydrogen-bond acceptors (Lipinski definition) is 7. The Morgan fingerprint density at radius 3 is 2.38 bits per heavy atom. The van der Waals surface area contributed by atoms with E-state index in [0.717, 1.165) is 28.1 Å². The molecule has 0 aliphatic carbocycles. The molecule has 0 bridgehead atoms. The topological polar surface area (TPSA) is 90.0 Å². The van der Waals surface area contributed by atoms with E-state index in [2.05, 4.69) is 0 Å². The van der Waals surface area contributed by atoms with Gasteiger partial charge in [-0.2, -0.15) is 8.42 Å². The maximum Gasteiger partial charge on any atom is 0.339 e. The molecule has 4 aromatic carbocycles. The summed E-state index contributed by atoms with van der Waals surface area (Å²) in [6.07, 6.45) is 1.51. The van der Waals surface area contributed by atoms with Gasteiger partial charge in [-0.25, -0.2) is 0 Å². The number of fused-ring (bicyclic) bond motifs is 1. The quantitative estimate of drug-likeness (QED) is 0.150. The SMILES string of the molecule is CCOc1cc(/C=C2\SC(=O)N(Cc3ccc4ccccc4c3)C2=O)cc(Cl)c1OS(=O)(=O)c1ccc(Cl)cc1. The van der Waals surface area contributed by atoms with Gasteiger partial charge in [-0.15, -0.1) is 0 Å². The zero-order valence-electron chi connectivity index (χ0n) is 21.0. The lowest BCUT2D eigenvalue weighted by Crippen LogP contribution is -2.27. The predicted octanol–water partition coefficient (Wildman–Crippen LogP) is 7.55. The van der Waals surface area contributed by atoms with Gasteiger partial charge in [-0.3, -0.25) is 14.5 Å². The lowest BCUT2D eigenvalue weighted by atomic mass is 10.1. The van der Waals surface area contributed by atoms with E-state index in [1.54, 1.807) is 6.92 Å². The summed E-state index contributed by atoms with van der Waals surface area (Å²) in [7, 11) is -4.24. The Labute approximate surface area is 245 Å². The van der Waals surface area contributed by atoms with Crippen LogP contribution in [0.1, 0.15) is 18.1 Å². The Morgan fingerprint density at radius 1 is 0.925 bits per heavy atom. The number of amides is 2. The number of carbonyl (C=O) groups excluding carboxylic acids is 2. The molecule has 11 heteroatoms. The highest BCUT2D eigenvalue weighted by Crippen LogP contribution is 2.41. The summed E-state index contributed by atoms with van der Waals surface area (Å²) in [5, 5.41) is 2.01. The van der Waals surface area contributed by atoms with Crippen LogP contribution < -0.4 is 8.92 Å². The minimum absolute atomic E-state index is 0.0508. The summed E-state index contributed by atoms with van der Waals surface area (Å²) in [5.74, 6) is -0.572. The molecule has 40 heavy (non-hydrogen) atoms. The number of ether oxygens (including phenoxy) is 1. The fourth-order valence-electron chi connectivity index (χ4n) is 4.08. The van der Waals surface area contributed by atoms with E-state index >= 15 is 0 Å². The average Bonchev–Trinajstić information content (AvgIpc) is 3.18. The summed E-state index contributed by atoms with van der Waals surface area (Å²) in [6.45, 7) is 2.04. The Hall–Kier alpha value is -3.50. The molecule has 1 heterocycles. The zero-order valence-corrected chi connectivity index (χ0v) is 24.1. The van der Waals surface area contributed by atoms with E-state index in [0.29, 0.717) is 10.6 Å². The van der Waals surface area contributed by atoms with Gasteiger partial charge >= 0.3 is 10.1 Å². The maximum atomic E-state index is 13.2. The lowest BCUT2D eigenvalue weighted by molar-refractivity contribution is -0.123. The number of benzene rings is 4. The Balaban J connectivity index is 1.40. The maximum absolute atomic E-state index is 13.2. The van der Waals surface area contributed by atoms with Crippen LogP contribution in [0.15, 0.2) is 88.7 Å². The fraction of sp³-hybridized carbons (Fsp3) is 0.103. The first kappa shape index (κ1) is 28.0. The minimum atomic E-state index is -4.24. The third kappa shape index (κ3) is 5.97. The molecule has 204 valence electrons. The van der Waals surface area contributed by atoms with Crippen LogP contribution >= 0.6 is 35.0 Å². The summed E-state index contributed by atoms with van der Waals surface area (Å²) < 4.78 is 36.6. The van der Waals surface area contributed by atoms with E-state index in [1.807, 2.05) is 42.5 Å². The van der Waals surface area contributed by atoms with Crippen LogP contribution in [0.25, 0.3) is 16.8 Å². The van der Waals surface area contributed by atoms with Crippen LogP contribution in [-0.2, 0) is 21.5 Å². The van der Waals surface area contributed by atoms with Crippen molar-refractivity contribution in [3.05, 3.63) is 105 Å². The standard InChI is InChI=1S/C29H21Cl2NO6S2/c1-2-37-25-15-19(14-24(31)27(25)38-40(35,36)23-11-9-22(30)10-12-23)16-26-28(33)32(29(34)39-26)17-18-7-8-20-5-3-4-6-21(20)13-18/h3-16H,2,17H2,1H3/b26-16-. The highest BCUT2D eigenvalue weighted by atomic mass is 35.5. The van der Waals surface area contributed by atoms with Crippen molar-refractivity contribution in [2.45, 2.75) is 18.4 Å². The number of nitrogens with zero attached hydrogens (tertiary/aromatic N) is 1. The normalized spacial score (nSPS) is 14.8. The first-order valence-electron chi connectivity index (χ1n) is 12.0. The Bertz CT molecular complexity index is 1770. The molecule has 1 aliphatic heterocycles. The van der Waals surface area contributed by atoms with E-state index < -0.39 is 21.3 Å². The van der Waals surface area contributed by atoms with Gasteiger partial charge in [0.05, 0.1) is 23.1 Å². The van der Waals surface area contributed by atoms with Crippen LogP contribution in [0.2, 0.25) is 10.0 Å². The predicted molar refractivity (Wildman–Crippen MR) is 157 cm³/mol. The summed E-state index contributed by atoms with van der Waals surface area (Å²) >= 11 is 13.1. The molecule has 0 atom stereocenters. The van der Waals surface area contributed by atoms with E-state index in [9.17, 15) is 18.0 Å². The highest BCUT2D eigenvalue weighted by Gasteiger charge is 2.35. The Kier molecular flexibility index (Phi) is 8.09. The van der Waals surface area contributed by atoms with Gasteiger partial charge in [0.25, 0.3) is 11.1 Å². The molecule has 1 fully saturated rings. The summed E-state index contributed by atoms with van der Waals surface area (Å²) in [5.41, 5.74) is 1.26. The van der Waals surface area contributed by atoms with Crippen molar-refractivity contribution in [1.82, 2.24) is 4.90 Å². The second kappa shape index (κ2) is 11.5. The smallest absolute Gasteiger partial charge is 0.339 e. The second-order valence-corrected chi connectivity index (χ2v) is 12.1. The van der Waals surface area contributed by atoms with Crippen LogP contribution in [0, 0.1) is 0 Å². The number of rotatable bonds is 8. The molecule has 4 aromatic rings. The van der Waals surface area contributed by atoms with Gasteiger partial charge in [0, 0.05) is 5.02 Å². The number of halogens is 2.